The van der Waals surface area contributed by atoms with Gasteiger partial charge in [-0.1, -0.05) is 12.8 Å². The number of nitrogens with zero attached hydrogens (tertiary/aromatic N) is 2. The van der Waals surface area contributed by atoms with E-state index in [0.29, 0.717) is 23.8 Å². The number of amides is 1. The van der Waals surface area contributed by atoms with E-state index in [4.69, 9.17) is 4.74 Å². The Bertz CT molecular complexity index is 669. The molecule has 26 heavy (non-hydrogen) atoms. The third kappa shape index (κ3) is 3.29. The van der Waals surface area contributed by atoms with Crippen LogP contribution in [0.2, 0.25) is 0 Å². The number of carboxylic acid groups (broad SMARTS) is 1. The van der Waals surface area contributed by atoms with Crippen molar-refractivity contribution >= 4 is 11.9 Å². The summed E-state index contributed by atoms with van der Waals surface area (Å²) in [6.07, 6.45) is 10.9. The predicted molar refractivity (Wildman–Crippen MR) is 95.1 cm³/mol. The molecule has 1 N–H and O–H groups in total. The van der Waals surface area contributed by atoms with Gasteiger partial charge in [0.2, 0.25) is 5.88 Å². The molecule has 4 rings (SSSR count). The maximum atomic E-state index is 13.1. The van der Waals surface area contributed by atoms with E-state index in [9.17, 15) is 14.7 Å². The Balaban J connectivity index is 1.50. The Labute approximate surface area is 153 Å². The van der Waals surface area contributed by atoms with Crippen LogP contribution in [-0.4, -0.2) is 45.1 Å². The lowest BCUT2D eigenvalue weighted by Gasteiger charge is -2.33. The van der Waals surface area contributed by atoms with Gasteiger partial charge >= 0.3 is 5.97 Å². The molecule has 1 aromatic heterocycles. The quantitative estimate of drug-likeness (QED) is 0.894. The lowest BCUT2D eigenvalue weighted by atomic mass is 9.84. The number of ether oxygens (including phenoxy) is 1. The van der Waals surface area contributed by atoms with E-state index in [1.807, 2.05) is 0 Å². The molecule has 3 unspecified atom stereocenters. The summed E-state index contributed by atoms with van der Waals surface area (Å²) in [4.78, 5) is 30.7. The van der Waals surface area contributed by atoms with Crippen LogP contribution in [0.1, 0.15) is 68.1 Å². The molecule has 6 heteroatoms. The number of fused-ring (bicyclic) bond motifs is 1. The molecule has 3 fully saturated rings. The van der Waals surface area contributed by atoms with Gasteiger partial charge in [-0.2, -0.15) is 0 Å². The summed E-state index contributed by atoms with van der Waals surface area (Å²) < 4.78 is 5.85. The minimum absolute atomic E-state index is 0.0479. The van der Waals surface area contributed by atoms with Crippen LogP contribution >= 0.6 is 0 Å². The van der Waals surface area contributed by atoms with E-state index in [1.54, 1.807) is 17.0 Å². The lowest BCUT2D eigenvalue weighted by molar-refractivity contribution is -0.141. The fourth-order valence-electron chi connectivity index (χ4n) is 4.88. The first kappa shape index (κ1) is 17.3. The zero-order valence-electron chi connectivity index (χ0n) is 15.0. The first-order valence-electron chi connectivity index (χ1n) is 9.81. The summed E-state index contributed by atoms with van der Waals surface area (Å²) >= 11 is 0. The van der Waals surface area contributed by atoms with Crippen molar-refractivity contribution in [1.29, 1.82) is 0 Å². The van der Waals surface area contributed by atoms with Crippen molar-refractivity contribution in [3.8, 4) is 5.88 Å². The number of carbonyl (C=O) groups excluding carboxylic acids is 1. The van der Waals surface area contributed by atoms with Crippen molar-refractivity contribution in [2.45, 2.75) is 76.0 Å². The highest BCUT2D eigenvalue weighted by atomic mass is 16.5. The van der Waals surface area contributed by atoms with Gasteiger partial charge in [0.15, 0.2) is 0 Å². The fraction of sp³-hybridized carbons (Fsp3) is 0.650. The average Bonchev–Trinajstić information content (AvgIpc) is 3.29. The molecule has 6 nitrogen and oxygen atoms in total. The minimum Gasteiger partial charge on any atom is -0.480 e. The zero-order valence-corrected chi connectivity index (χ0v) is 15.0. The van der Waals surface area contributed by atoms with Crippen molar-refractivity contribution < 1.29 is 19.4 Å². The molecular formula is C20H26N2O4. The Morgan fingerprint density at radius 2 is 1.81 bits per heavy atom. The largest absolute Gasteiger partial charge is 0.480 e. The maximum Gasteiger partial charge on any atom is 0.326 e. The zero-order chi connectivity index (χ0) is 18.1. The average molecular weight is 358 g/mol. The van der Waals surface area contributed by atoms with E-state index in [2.05, 4.69) is 4.98 Å². The number of hydrogen-bond donors (Lipinski definition) is 1. The Kier molecular flexibility index (Phi) is 4.83. The second-order valence-corrected chi connectivity index (χ2v) is 7.82. The Morgan fingerprint density at radius 3 is 2.50 bits per heavy atom. The summed E-state index contributed by atoms with van der Waals surface area (Å²) in [7, 11) is 0. The topological polar surface area (TPSA) is 79.7 Å². The standard InChI is InChI=1S/C20H26N2O4/c23-19(14-9-10-18(21-12-14)26-15-6-2-3-7-15)22-16-8-4-1-5-13(16)11-17(22)20(24)25/h9-10,12-13,15-17H,1-8,11H2,(H,24,25). The van der Waals surface area contributed by atoms with Crippen LogP contribution < -0.4 is 4.74 Å². The highest BCUT2D eigenvalue weighted by Crippen LogP contribution is 2.40. The van der Waals surface area contributed by atoms with Crippen molar-refractivity contribution in [3.05, 3.63) is 23.9 Å². The molecule has 3 aliphatic rings. The summed E-state index contributed by atoms with van der Waals surface area (Å²) in [5, 5.41) is 9.60. The summed E-state index contributed by atoms with van der Waals surface area (Å²) in [6.45, 7) is 0. The van der Waals surface area contributed by atoms with Crippen LogP contribution in [0.25, 0.3) is 0 Å². The number of rotatable bonds is 4. The van der Waals surface area contributed by atoms with Crippen LogP contribution in [0.4, 0.5) is 0 Å². The SMILES string of the molecule is O=C(O)C1CC2CCCCC2N1C(=O)c1ccc(OC2CCCC2)nc1. The maximum absolute atomic E-state index is 13.1. The Hall–Kier alpha value is -2.11. The van der Waals surface area contributed by atoms with Gasteiger partial charge in [0.25, 0.3) is 5.91 Å². The van der Waals surface area contributed by atoms with E-state index >= 15 is 0 Å². The van der Waals surface area contributed by atoms with Gasteiger partial charge in [-0.15, -0.1) is 0 Å². The number of aliphatic carboxylic acids is 1. The van der Waals surface area contributed by atoms with Crippen molar-refractivity contribution in [1.82, 2.24) is 9.88 Å². The molecule has 1 saturated heterocycles. The molecule has 0 spiro atoms. The van der Waals surface area contributed by atoms with Gasteiger partial charge in [0, 0.05) is 18.3 Å². The van der Waals surface area contributed by atoms with Crippen LogP contribution in [-0.2, 0) is 4.79 Å². The van der Waals surface area contributed by atoms with Gasteiger partial charge in [0.1, 0.15) is 12.1 Å². The molecule has 3 atom stereocenters. The van der Waals surface area contributed by atoms with E-state index in [0.717, 1.165) is 38.5 Å². The van der Waals surface area contributed by atoms with Crippen molar-refractivity contribution in [2.24, 2.45) is 5.92 Å². The molecule has 1 aromatic rings. The van der Waals surface area contributed by atoms with Gasteiger partial charge in [0.05, 0.1) is 5.56 Å². The summed E-state index contributed by atoms with van der Waals surface area (Å²) in [5.74, 6) is -0.263. The number of pyridine rings is 1. The summed E-state index contributed by atoms with van der Waals surface area (Å²) in [6, 6.07) is 2.78. The molecule has 1 amide bonds. The monoisotopic (exact) mass is 358 g/mol. The van der Waals surface area contributed by atoms with Crippen LogP contribution in [0.15, 0.2) is 18.3 Å². The molecule has 0 aromatic carbocycles. The Morgan fingerprint density at radius 1 is 1.08 bits per heavy atom. The van der Waals surface area contributed by atoms with E-state index < -0.39 is 12.0 Å². The molecule has 2 heterocycles. The number of carbonyl (C=O) groups is 2. The summed E-state index contributed by atoms with van der Waals surface area (Å²) in [5.41, 5.74) is 0.446. The highest BCUT2D eigenvalue weighted by Gasteiger charge is 2.47. The lowest BCUT2D eigenvalue weighted by Crippen LogP contribution is -2.46. The first-order chi connectivity index (χ1) is 12.6. The fourth-order valence-corrected chi connectivity index (χ4v) is 4.88. The molecule has 2 aliphatic carbocycles. The molecule has 0 bridgehead atoms. The van der Waals surface area contributed by atoms with Gasteiger partial charge < -0.3 is 14.7 Å². The second kappa shape index (κ2) is 7.25. The van der Waals surface area contributed by atoms with E-state index in [1.165, 1.54) is 19.0 Å². The molecule has 1 aliphatic heterocycles. The van der Waals surface area contributed by atoms with Gasteiger partial charge in [-0.05, 0) is 56.9 Å². The predicted octanol–water partition coefficient (Wildman–Crippen LogP) is 3.26. The van der Waals surface area contributed by atoms with Crippen molar-refractivity contribution in [3.63, 3.8) is 0 Å². The number of carboxylic acids is 1. The highest BCUT2D eigenvalue weighted by molar-refractivity contribution is 5.97. The number of likely N-dealkylation sites (tertiary alicyclic amines) is 1. The van der Waals surface area contributed by atoms with E-state index in [-0.39, 0.29) is 18.1 Å². The smallest absolute Gasteiger partial charge is 0.326 e. The molecule has 140 valence electrons. The van der Waals surface area contributed by atoms with Gasteiger partial charge in [-0.3, -0.25) is 4.79 Å². The van der Waals surface area contributed by atoms with Crippen LogP contribution in [0, 0.1) is 5.92 Å². The molecule has 0 radical (unpaired) electrons. The van der Waals surface area contributed by atoms with Gasteiger partial charge in [-0.25, -0.2) is 9.78 Å². The third-order valence-corrected chi connectivity index (χ3v) is 6.18. The molecule has 2 saturated carbocycles. The second-order valence-electron chi connectivity index (χ2n) is 7.82. The number of aromatic nitrogens is 1. The first-order valence-corrected chi connectivity index (χ1v) is 9.81. The van der Waals surface area contributed by atoms with Crippen LogP contribution in [0.3, 0.4) is 0 Å². The normalized spacial score (nSPS) is 28.8. The third-order valence-electron chi connectivity index (χ3n) is 6.18. The van der Waals surface area contributed by atoms with Crippen LogP contribution in [0.5, 0.6) is 5.88 Å². The molecular weight excluding hydrogens is 332 g/mol. The van der Waals surface area contributed by atoms with Crippen molar-refractivity contribution in [2.75, 3.05) is 0 Å². The number of hydrogen-bond acceptors (Lipinski definition) is 4. The minimum atomic E-state index is -0.901.